The molecule has 23 heavy (non-hydrogen) atoms. The van der Waals surface area contributed by atoms with Crippen molar-refractivity contribution in [1.29, 1.82) is 0 Å². The Kier molecular flexibility index (Phi) is 4.15. The molecule has 0 radical (unpaired) electrons. The summed E-state index contributed by atoms with van der Waals surface area (Å²) in [5, 5.41) is 11.8. The first kappa shape index (κ1) is 15.3. The van der Waals surface area contributed by atoms with Crippen molar-refractivity contribution in [1.82, 2.24) is 0 Å². The Morgan fingerprint density at radius 3 is 2.17 bits per heavy atom. The third-order valence-corrected chi connectivity index (χ3v) is 4.22. The molecule has 0 fully saturated rings. The molecule has 1 aliphatic carbocycles. The van der Waals surface area contributed by atoms with Crippen LogP contribution < -0.4 is 5.11 Å². The van der Waals surface area contributed by atoms with E-state index >= 15 is 0 Å². The highest BCUT2D eigenvalue weighted by Crippen LogP contribution is 2.44. The van der Waals surface area contributed by atoms with Gasteiger partial charge in [-0.05, 0) is 36.1 Å². The minimum Gasteiger partial charge on any atom is -0.599 e. The normalized spacial score (nSPS) is 15.0. The van der Waals surface area contributed by atoms with Gasteiger partial charge in [-0.2, -0.15) is 0 Å². The van der Waals surface area contributed by atoms with Crippen LogP contribution in [0.1, 0.15) is 30.9 Å². The monoisotopic (exact) mass is 308 g/mol. The van der Waals surface area contributed by atoms with Crippen LogP contribution in [0.3, 0.4) is 0 Å². The second kappa shape index (κ2) is 6.24. The van der Waals surface area contributed by atoms with Gasteiger partial charge in [-0.1, -0.05) is 48.5 Å². The second-order valence-corrected chi connectivity index (χ2v) is 5.72. The minimum atomic E-state index is -0.686. The van der Waals surface area contributed by atoms with Crippen LogP contribution in [0.5, 0.6) is 0 Å². The molecule has 0 saturated heterocycles. The lowest BCUT2D eigenvalue weighted by atomic mass is 9.98. The topological polar surface area (TPSA) is 61.7 Å². The third-order valence-electron chi connectivity index (χ3n) is 4.22. The molecule has 0 aliphatic heterocycles. The highest BCUT2D eigenvalue weighted by atomic mass is 16.6. The fraction of sp³-hybridized carbons (Fsp3) is 0.263. The van der Waals surface area contributed by atoms with E-state index in [1.807, 2.05) is 24.3 Å². The number of nitrogens with zero attached hydrogens (tertiary/aromatic N) is 1. The van der Waals surface area contributed by atoms with Crippen LogP contribution in [0.15, 0.2) is 53.5 Å². The molecule has 0 bridgehead atoms. The van der Waals surface area contributed by atoms with Gasteiger partial charge in [-0.15, -0.1) is 0 Å². The number of benzene rings is 2. The predicted molar refractivity (Wildman–Crippen MR) is 87.3 cm³/mol. The largest absolute Gasteiger partial charge is 0.599 e. The van der Waals surface area contributed by atoms with E-state index in [0.29, 0.717) is 0 Å². The summed E-state index contributed by atoms with van der Waals surface area (Å²) in [7, 11) is 0. The van der Waals surface area contributed by atoms with E-state index in [9.17, 15) is 9.90 Å². The number of aliphatic imine (C=N–C) groups is 1. The van der Waals surface area contributed by atoms with Crippen molar-refractivity contribution in [3.05, 3.63) is 59.7 Å². The Balaban J connectivity index is 1.82. The van der Waals surface area contributed by atoms with Crippen LogP contribution in [0.25, 0.3) is 11.1 Å². The highest BCUT2D eigenvalue weighted by Gasteiger charge is 2.26. The molecule has 0 heterocycles. The average Bonchev–Trinajstić information content (AvgIpc) is 2.87. The molecule has 4 heteroatoms. The molecule has 118 valence electrons. The number of carbonyl (C=O) groups excluding carboxylic acids is 1. The number of fused-ring (bicyclic) bond motifs is 3. The van der Waals surface area contributed by atoms with Crippen molar-refractivity contribution >= 4 is 11.9 Å². The molecule has 3 rings (SSSR count). The Morgan fingerprint density at radius 2 is 1.65 bits per heavy atom. The van der Waals surface area contributed by atoms with Crippen molar-refractivity contribution in [2.75, 3.05) is 6.61 Å². The Bertz CT molecular complexity index is 721. The number of ketones is 1. The molecule has 2 aromatic carbocycles. The summed E-state index contributed by atoms with van der Waals surface area (Å²) in [6.45, 7) is 3.22. The second-order valence-electron chi connectivity index (χ2n) is 5.72. The van der Waals surface area contributed by atoms with E-state index in [1.165, 1.54) is 18.1 Å². The molecule has 4 nitrogen and oxygen atoms in total. The molecule has 1 atom stereocenters. The lowest BCUT2D eigenvalue weighted by Gasteiger charge is -2.21. The zero-order valence-electron chi connectivity index (χ0n) is 13.2. The summed E-state index contributed by atoms with van der Waals surface area (Å²) in [4.78, 5) is 14.9. The summed E-state index contributed by atoms with van der Waals surface area (Å²) in [6.07, 6.45) is -0.686. The third kappa shape index (κ3) is 2.97. The number of ether oxygens (including phenoxy) is 1. The van der Waals surface area contributed by atoms with Gasteiger partial charge in [-0.3, -0.25) is 9.79 Å². The van der Waals surface area contributed by atoms with E-state index in [0.717, 1.165) is 11.1 Å². The maximum atomic E-state index is 11.8. The van der Waals surface area contributed by atoms with Gasteiger partial charge < -0.3 is 9.84 Å². The van der Waals surface area contributed by atoms with Crippen LogP contribution >= 0.6 is 0 Å². The number of hydrogen-bond donors (Lipinski definition) is 0. The number of carbonyl (C=O) groups is 1. The smallest absolute Gasteiger partial charge is 0.154 e. The van der Waals surface area contributed by atoms with Crippen LogP contribution in [-0.4, -0.2) is 24.5 Å². The fourth-order valence-corrected chi connectivity index (χ4v) is 2.88. The number of hydrogen-bond acceptors (Lipinski definition) is 4. The van der Waals surface area contributed by atoms with Crippen LogP contribution in [-0.2, 0) is 9.53 Å². The highest BCUT2D eigenvalue weighted by molar-refractivity contribution is 5.83. The quantitative estimate of drug-likeness (QED) is 0.644. The van der Waals surface area contributed by atoms with E-state index in [1.54, 1.807) is 6.92 Å². The van der Waals surface area contributed by atoms with Gasteiger partial charge >= 0.3 is 0 Å². The number of rotatable bonds is 4. The molecule has 0 spiro atoms. The lowest BCUT2D eigenvalue weighted by Crippen LogP contribution is -2.27. The minimum absolute atomic E-state index is 0.00850. The van der Waals surface area contributed by atoms with E-state index < -0.39 is 12.1 Å². The van der Waals surface area contributed by atoms with Crippen molar-refractivity contribution in [2.24, 2.45) is 4.99 Å². The van der Waals surface area contributed by atoms with Gasteiger partial charge in [0.1, 0.15) is 12.1 Å². The van der Waals surface area contributed by atoms with E-state index in [4.69, 9.17) is 4.74 Å². The van der Waals surface area contributed by atoms with Crippen molar-refractivity contribution in [3.63, 3.8) is 0 Å². The van der Waals surface area contributed by atoms with Gasteiger partial charge in [0, 0.05) is 12.5 Å². The molecule has 2 aromatic rings. The van der Waals surface area contributed by atoms with Crippen LogP contribution in [0, 0.1) is 0 Å². The van der Waals surface area contributed by atoms with Gasteiger partial charge in [0.25, 0.3) is 0 Å². The lowest BCUT2D eigenvalue weighted by molar-refractivity contribution is -0.251. The maximum Gasteiger partial charge on any atom is 0.154 e. The SMILES string of the molecule is CC(=O)C(C)N=C([O-])OCC1c2ccccc2-c2ccccc21. The molecule has 1 unspecified atom stereocenters. The maximum absolute atomic E-state index is 11.8. The van der Waals surface area contributed by atoms with Crippen LogP contribution in [0.2, 0.25) is 0 Å². The molecular weight excluding hydrogens is 290 g/mol. The van der Waals surface area contributed by atoms with Gasteiger partial charge in [-0.25, -0.2) is 0 Å². The van der Waals surface area contributed by atoms with E-state index in [2.05, 4.69) is 29.3 Å². The fourth-order valence-electron chi connectivity index (χ4n) is 2.88. The molecular formula is C19H18NO3-. The summed E-state index contributed by atoms with van der Waals surface area (Å²) in [6, 6.07) is 15.6. The van der Waals surface area contributed by atoms with Gasteiger partial charge in [0.05, 0.1) is 0 Å². The molecule has 1 aliphatic rings. The zero-order chi connectivity index (χ0) is 16.4. The van der Waals surface area contributed by atoms with Crippen molar-refractivity contribution in [2.45, 2.75) is 25.8 Å². The first-order valence-electron chi connectivity index (χ1n) is 7.64. The number of Topliss-reactive ketones (excluding diaryl/α,β-unsaturated/α-hetero) is 1. The molecule has 0 saturated carbocycles. The van der Waals surface area contributed by atoms with E-state index in [-0.39, 0.29) is 18.3 Å². The standard InChI is InChI=1S/C19H19NO3/c1-12(13(2)21)20-19(22)23-11-18-16-9-5-3-7-14(16)15-8-4-6-10-17(15)18/h3-10,12,18H,11H2,1-2H3,(H,20,22)/p-1. The molecule has 0 aromatic heterocycles. The Hall–Kier alpha value is -2.62. The molecule has 0 amide bonds. The first-order valence-corrected chi connectivity index (χ1v) is 7.64. The van der Waals surface area contributed by atoms with Crippen LogP contribution in [0.4, 0.5) is 0 Å². The van der Waals surface area contributed by atoms with Gasteiger partial charge in [0.2, 0.25) is 0 Å². The average molecular weight is 308 g/mol. The van der Waals surface area contributed by atoms with Crippen molar-refractivity contribution in [3.8, 4) is 11.1 Å². The molecule has 0 N–H and O–H groups in total. The predicted octanol–water partition coefficient (Wildman–Crippen LogP) is 2.51. The van der Waals surface area contributed by atoms with Gasteiger partial charge in [0.15, 0.2) is 5.78 Å². The van der Waals surface area contributed by atoms with Crippen molar-refractivity contribution < 1.29 is 14.6 Å². The summed E-state index contributed by atoms with van der Waals surface area (Å²) in [5.41, 5.74) is 4.67. The first-order chi connectivity index (χ1) is 11.1. The summed E-state index contributed by atoms with van der Waals surface area (Å²) >= 11 is 0. The Labute approximate surface area is 135 Å². The zero-order valence-corrected chi connectivity index (χ0v) is 13.2. The summed E-state index contributed by atoms with van der Waals surface area (Å²) < 4.78 is 5.30. The summed E-state index contributed by atoms with van der Waals surface area (Å²) in [5.74, 6) is -0.146. The Morgan fingerprint density at radius 1 is 1.13 bits per heavy atom.